The van der Waals surface area contributed by atoms with E-state index in [-0.39, 0.29) is 13.2 Å². The summed E-state index contributed by atoms with van der Waals surface area (Å²) in [4.78, 5) is 15.2. The van der Waals surface area contributed by atoms with Crippen LogP contribution in [0.3, 0.4) is 0 Å². The van der Waals surface area contributed by atoms with Gasteiger partial charge in [0.15, 0.2) is 6.61 Å². The number of nitrogens with zero attached hydrogens (tertiary/aromatic N) is 1. The van der Waals surface area contributed by atoms with Crippen LogP contribution in [-0.4, -0.2) is 24.9 Å². The Morgan fingerprint density at radius 3 is 2.67 bits per heavy atom. The molecule has 0 aliphatic heterocycles. The second kappa shape index (κ2) is 6.39. The van der Waals surface area contributed by atoms with E-state index in [1.165, 1.54) is 0 Å². The van der Waals surface area contributed by atoms with Crippen LogP contribution in [0.15, 0.2) is 17.8 Å². The molecule has 0 bridgehead atoms. The number of rotatable bonds is 5. The summed E-state index contributed by atoms with van der Waals surface area (Å²) in [5.74, 6) is -0.448. The number of hydrogen-bond donors (Lipinski definition) is 0. The maximum atomic E-state index is 10.5. The van der Waals surface area contributed by atoms with Crippen LogP contribution in [0.4, 0.5) is 0 Å². The van der Waals surface area contributed by atoms with E-state index in [2.05, 4.69) is 16.5 Å². The van der Waals surface area contributed by atoms with Crippen molar-refractivity contribution in [1.82, 2.24) is 0 Å². The van der Waals surface area contributed by atoms with E-state index in [0.717, 1.165) is 11.8 Å². The third-order valence-electron chi connectivity index (χ3n) is 0.833. The molecular weight excluding hydrogens is 158 g/mol. The minimum absolute atomic E-state index is 0.196. The van der Waals surface area contributed by atoms with Gasteiger partial charge in [0, 0.05) is 6.08 Å². The maximum absolute atomic E-state index is 10.5. The van der Waals surface area contributed by atoms with Crippen LogP contribution in [0.5, 0.6) is 0 Å². The van der Waals surface area contributed by atoms with Crippen LogP contribution in [0.2, 0.25) is 0 Å². The molecule has 68 valence electrons. The van der Waals surface area contributed by atoms with Crippen molar-refractivity contribution in [2.45, 2.75) is 13.8 Å². The Morgan fingerprint density at radius 1 is 1.50 bits per heavy atom. The lowest BCUT2D eigenvalue weighted by atomic mass is 10.5. The Hall–Kier alpha value is -1.32. The summed E-state index contributed by atoms with van der Waals surface area (Å²) in [6.45, 7) is 7.34. The third kappa shape index (κ3) is 6.80. The zero-order chi connectivity index (χ0) is 9.40. The smallest absolute Gasteiger partial charge is 0.330 e. The molecule has 0 aliphatic carbocycles. The SMILES string of the molecule is C=CC(=O)OCCON=C(C)C. The van der Waals surface area contributed by atoms with E-state index in [0.29, 0.717) is 0 Å². The van der Waals surface area contributed by atoms with Gasteiger partial charge >= 0.3 is 5.97 Å². The summed E-state index contributed by atoms with van der Waals surface area (Å²) < 4.78 is 4.62. The molecule has 0 atom stereocenters. The Bertz CT molecular complexity index is 183. The van der Waals surface area contributed by atoms with Crippen molar-refractivity contribution in [2.75, 3.05) is 13.2 Å². The summed E-state index contributed by atoms with van der Waals surface area (Å²) in [5.41, 5.74) is 0.824. The van der Waals surface area contributed by atoms with Crippen molar-refractivity contribution in [2.24, 2.45) is 5.16 Å². The first-order valence-corrected chi connectivity index (χ1v) is 3.59. The molecule has 4 heteroatoms. The summed E-state index contributed by atoms with van der Waals surface area (Å²) in [7, 11) is 0. The molecule has 0 aromatic heterocycles. The van der Waals surface area contributed by atoms with Gasteiger partial charge < -0.3 is 9.57 Å². The molecule has 0 radical (unpaired) electrons. The molecule has 0 fully saturated rings. The molecule has 0 aromatic rings. The number of carbonyl (C=O) groups excluding carboxylic acids is 1. The van der Waals surface area contributed by atoms with Crippen molar-refractivity contribution in [3.8, 4) is 0 Å². The monoisotopic (exact) mass is 171 g/mol. The van der Waals surface area contributed by atoms with Gasteiger partial charge in [0.25, 0.3) is 0 Å². The predicted octanol–water partition coefficient (Wildman–Crippen LogP) is 1.13. The number of esters is 1. The Kier molecular flexibility index (Phi) is 5.69. The van der Waals surface area contributed by atoms with Crippen molar-refractivity contribution >= 4 is 11.7 Å². The molecule has 4 nitrogen and oxygen atoms in total. The predicted molar refractivity (Wildman–Crippen MR) is 45.9 cm³/mol. The molecule has 0 spiro atoms. The lowest BCUT2D eigenvalue weighted by molar-refractivity contribution is -0.139. The summed E-state index contributed by atoms with van der Waals surface area (Å²) in [5, 5.41) is 3.65. The lowest BCUT2D eigenvalue weighted by Gasteiger charge is -2.00. The van der Waals surface area contributed by atoms with Crippen molar-refractivity contribution in [3.63, 3.8) is 0 Å². The van der Waals surface area contributed by atoms with Gasteiger partial charge in [-0.25, -0.2) is 4.79 Å². The first-order valence-electron chi connectivity index (χ1n) is 3.59. The summed E-state index contributed by atoms with van der Waals surface area (Å²) >= 11 is 0. The molecule has 0 unspecified atom stereocenters. The fourth-order valence-electron chi connectivity index (χ4n) is 0.413. The van der Waals surface area contributed by atoms with Gasteiger partial charge in [-0.3, -0.25) is 0 Å². The fourth-order valence-corrected chi connectivity index (χ4v) is 0.413. The molecule has 0 rings (SSSR count). The highest BCUT2D eigenvalue weighted by Gasteiger charge is 1.93. The van der Waals surface area contributed by atoms with Gasteiger partial charge in [0.1, 0.15) is 6.61 Å². The minimum atomic E-state index is -0.448. The van der Waals surface area contributed by atoms with Crippen molar-refractivity contribution in [3.05, 3.63) is 12.7 Å². The van der Waals surface area contributed by atoms with Crippen molar-refractivity contribution in [1.29, 1.82) is 0 Å². The molecule has 12 heavy (non-hydrogen) atoms. The van der Waals surface area contributed by atoms with E-state index in [1.807, 2.05) is 13.8 Å². The first-order chi connectivity index (χ1) is 5.66. The lowest BCUT2D eigenvalue weighted by Crippen LogP contribution is -2.06. The van der Waals surface area contributed by atoms with Gasteiger partial charge in [-0.1, -0.05) is 11.7 Å². The zero-order valence-electron chi connectivity index (χ0n) is 7.37. The fraction of sp³-hybridized carbons (Fsp3) is 0.500. The topological polar surface area (TPSA) is 47.9 Å². The van der Waals surface area contributed by atoms with E-state index >= 15 is 0 Å². The summed E-state index contributed by atoms with van der Waals surface area (Å²) in [6, 6.07) is 0. The minimum Gasteiger partial charge on any atom is -0.459 e. The van der Waals surface area contributed by atoms with Crippen LogP contribution in [0.1, 0.15) is 13.8 Å². The third-order valence-corrected chi connectivity index (χ3v) is 0.833. The highest BCUT2D eigenvalue weighted by Crippen LogP contribution is 1.83. The van der Waals surface area contributed by atoms with Crippen molar-refractivity contribution < 1.29 is 14.4 Å². The van der Waals surface area contributed by atoms with Crippen LogP contribution in [0, 0.1) is 0 Å². The first kappa shape index (κ1) is 10.7. The Balaban J connectivity index is 3.28. The summed E-state index contributed by atoms with van der Waals surface area (Å²) in [6.07, 6.45) is 1.11. The molecule has 0 heterocycles. The molecule has 0 aromatic carbocycles. The Morgan fingerprint density at radius 2 is 2.17 bits per heavy atom. The average Bonchev–Trinajstić information content (AvgIpc) is 2.03. The number of oxime groups is 1. The zero-order valence-corrected chi connectivity index (χ0v) is 7.37. The van der Waals surface area contributed by atoms with Crippen LogP contribution >= 0.6 is 0 Å². The number of hydrogen-bond acceptors (Lipinski definition) is 4. The molecule has 0 amide bonds. The highest BCUT2D eigenvalue weighted by atomic mass is 16.6. The molecule has 0 saturated carbocycles. The van der Waals surface area contributed by atoms with Gasteiger partial charge in [-0.15, -0.1) is 0 Å². The van der Waals surface area contributed by atoms with Gasteiger partial charge in [-0.2, -0.15) is 0 Å². The second-order valence-electron chi connectivity index (χ2n) is 2.24. The molecule has 0 saturated heterocycles. The van der Waals surface area contributed by atoms with E-state index in [1.54, 1.807) is 0 Å². The standard InChI is InChI=1S/C8H13NO3/c1-4-8(10)11-5-6-12-9-7(2)3/h4H,1,5-6H2,2-3H3. The number of ether oxygens (including phenoxy) is 1. The van der Waals surface area contributed by atoms with E-state index in [9.17, 15) is 4.79 Å². The molecule has 0 aliphatic rings. The maximum Gasteiger partial charge on any atom is 0.330 e. The highest BCUT2D eigenvalue weighted by molar-refractivity contribution is 5.81. The van der Waals surface area contributed by atoms with E-state index in [4.69, 9.17) is 4.84 Å². The number of carbonyl (C=O) groups is 1. The molecular formula is C8H13NO3. The molecule has 0 N–H and O–H groups in total. The van der Waals surface area contributed by atoms with Crippen LogP contribution < -0.4 is 0 Å². The average molecular weight is 171 g/mol. The van der Waals surface area contributed by atoms with Crippen LogP contribution in [0.25, 0.3) is 0 Å². The van der Waals surface area contributed by atoms with Gasteiger partial charge in [0.05, 0.1) is 5.71 Å². The quantitative estimate of drug-likeness (QED) is 0.205. The largest absolute Gasteiger partial charge is 0.459 e. The van der Waals surface area contributed by atoms with Crippen LogP contribution in [-0.2, 0) is 14.4 Å². The van der Waals surface area contributed by atoms with Gasteiger partial charge in [-0.05, 0) is 13.8 Å². The normalized spacial score (nSPS) is 8.50. The van der Waals surface area contributed by atoms with Gasteiger partial charge in [0.2, 0.25) is 0 Å². The Labute approximate surface area is 71.8 Å². The van der Waals surface area contributed by atoms with E-state index < -0.39 is 5.97 Å². The second-order valence-corrected chi connectivity index (χ2v) is 2.24.